The van der Waals surface area contributed by atoms with E-state index >= 15 is 0 Å². The fraction of sp³-hybridized carbons (Fsp3) is 0. The van der Waals surface area contributed by atoms with Crippen LogP contribution in [0.2, 0.25) is 0 Å². The monoisotopic (exact) mass is 640 g/mol. The molecule has 7 aromatic carbocycles. The molecular weight excluding hydrogens is 613 g/mol. The van der Waals surface area contributed by atoms with Crippen molar-refractivity contribution in [1.82, 2.24) is 19.5 Å². The lowest BCUT2D eigenvalue weighted by atomic mass is 10.1. The lowest BCUT2D eigenvalue weighted by molar-refractivity contribution is 0.622. The summed E-state index contributed by atoms with van der Waals surface area (Å²) >= 11 is 0. The van der Waals surface area contributed by atoms with Gasteiger partial charge in [-0.3, -0.25) is 0 Å². The average molecular weight is 641 g/mol. The van der Waals surface area contributed by atoms with E-state index < -0.39 is 0 Å². The lowest BCUT2D eigenvalue weighted by Gasteiger charge is -2.13. The predicted octanol–water partition coefficient (Wildman–Crippen LogP) is 11.5. The number of nitrogens with zero attached hydrogens (tertiary/aromatic N) is 4. The quantitative estimate of drug-likeness (QED) is 0.188. The van der Waals surface area contributed by atoms with Crippen LogP contribution in [0.4, 0.5) is 0 Å². The molecule has 10 aromatic rings. The number of hydrogen-bond donors (Lipinski definition) is 0. The molecule has 5 heteroatoms. The third-order valence-corrected chi connectivity index (χ3v) is 9.42. The maximum absolute atomic E-state index is 6.66. The van der Waals surface area contributed by atoms with Gasteiger partial charge in [-0.15, -0.1) is 0 Å². The number of rotatable bonds is 5. The Morgan fingerprint density at radius 1 is 0.420 bits per heavy atom. The van der Waals surface area contributed by atoms with Gasteiger partial charge in [0, 0.05) is 44.1 Å². The molecule has 5 nitrogen and oxygen atoms in total. The van der Waals surface area contributed by atoms with Crippen molar-refractivity contribution in [3.8, 4) is 51.0 Å². The van der Waals surface area contributed by atoms with E-state index in [9.17, 15) is 0 Å². The Morgan fingerprint density at radius 2 is 1.04 bits per heavy atom. The molecule has 0 amide bonds. The van der Waals surface area contributed by atoms with E-state index in [1.807, 2.05) is 66.7 Å². The van der Waals surface area contributed by atoms with Crippen LogP contribution in [0.25, 0.3) is 94.7 Å². The molecule has 0 N–H and O–H groups in total. The molecule has 10 rings (SSSR count). The Morgan fingerprint density at radius 3 is 1.82 bits per heavy atom. The van der Waals surface area contributed by atoms with Crippen molar-refractivity contribution in [2.24, 2.45) is 0 Å². The molecule has 234 valence electrons. The van der Waals surface area contributed by atoms with Crippen LogP contribution in [0.5, 0.6) is 0 Å². The normalized spacial score (nSPS) is 11.6. The highest BCUT2D eigenvalue weighted by atomic mass is 16.3. The molecule has 3 heterocycles. The van der Waals surface area contributed by atoms with Crippen LogP contribution in [0.3, 0.4) is 0 Å². The van der Waals surface area contributed by atoms with Crippen molar-refractivity contribution in [2.45, 2.75) is 0 Å². The summed E-state index contributed by atoms with van der Waals surface area (Å²) in [5, 5.41) is 4.61. The number of benzene rings is 7. The Hall–Kier alpha value is -6.85. The largest absolute Gasteiger partial charge is 0.434 e. The minimum absolute atomic E-state index is 0.603. The molecule has 0 unspecified atom stereocenters. The second kappa shape index (κ2) is 11.4. The summed E-state index contributed by atoms with van der Waals surface area (Å²) in [6.45, 7) is 0. The first kappa shape index (κ1) is 28.2. The van der Waals surface area contributed by atoms with E-state index in [1.54, 1.807) is 0 Å². The Kier molecular flexibility index (Phi) is 6.42. The molecule has 0 bridgehead atoms. The first-order chi connectivity index (χ1) is 24.8. The number of aromatic nitrogens is 4. The molecule has 0 radical (unpaired) electrons. The van der Waals surface area contributed by atoms with Gasteiger partial charge in [-0.1, -0.05) is 127 Å². The van der Waals surface area contributed by atoms with Gasteiger partial charge in [0.15, 0.2) is 11.4 Å². The molecule has 0 saturated heterocycles. The first-order valence-corrected chi connectivity index (χ1v) is 16.7. The van der Waals surface area contributed by atoms with Crippen LogP contribution >= 0.6 is 0 Å². The van der Waals surface area contributed by atoms with Crippen LogP contribution in [-0.2, 0) is 0 Å². The van der Waals surface area contributed by atoms with E-state index in [1.165, 1.54) is 10.8 Å². The Labute approximate surface area is 287 Å². The van der Waals surface area contributed by atoms with Crippen molar-refractivity contribution in [2.75, 3.05) is 0 Å². The summed E-state index contributed by atoms with van der Waals surface area (Å²) in [7, 11) is 0. The van der Waals surface area contributed by atoms with Gasteiger partial charge in [-0.05, 0) is 47.9 Å². The third kappa shape index (κ3) is 4.60. The highest BCUT2D eigenvalue weighted by Gasteiger charge is 2.21. The summed E-state index contributed by atoms with van der Waals surface area (Å²) in [6.07, 6.45) is 0. The van der Waals surface area contributed by atoms with Crippen LogP contribution in [0.1, 0.15) is 0 Å². The fourth-order valence-electron chi connectivity index (χ4n) is 7.08. The average Bonchev–Trinajstić information content (AvgIpc) is 3.79. The number of fused-ring (bicyclic) bond motifs is 7. The predicted molar refractivity (Wildman–Crippen MR) is 203 cm³/mol. The standard InChI is InChI=1S/C45H28N4O/c1-4-14-30(15-5-1)39-28-40(47-44(46-39)31-16-6-2-7-17-31)33-20-12-21-34(27-33)49-41-35-22-11-10-13-29(35)23-24-36(41)37-25-26-38-43(42(37)49)50-45(48-38)32-18-8-3-9-19-32/h1-28H. The zero-order chi connectivity index (χ0) is 33.0. The summed E-state index contributed by atoms with van der Waals surface area (Å²) in [6, 6.07) is 58.5. The number of oxazole rings is 1. The maximum Gasteiger partial charge on any atom is 0.227 e. The molecule has 0 atom stereocenters. The van der Waals surface area contributed by atoms with E-state index in [-0.39, 0.29) is 0 Å². The summed E-state index contributed by atoms with van der Waals surface area (Å²) in [5.41, 5.74) is 10.4. The first-order valence-electron chi connectivity index (χ1n) is 16.7. The summed E-state index contributed by atoms with van der Waals surface area (Å²) in [4.78, 5) is 15.1. The van der Waals surface area contributed by atoms with Crippen molar-refractivity contribution in [3.63, 3.8) is 0 Å². The van der Waals surface area contributed by atoms with Crippen molar-refractivity contribution >= 4 is 43.7 Å². The molecule has 0 aliphatic carbocycles. The van der Waals surface area contributed by atoms with Crippen LogP contribution < -0.4 is 0 Å². The minimum Gasteiger partial charge on any atom is -0.434 e. The summed E-state index contributed by atoms with van der Waals surface area (Å²) < 4.78 is 9.01. The van der Waals surface area contributed by atoms with E-state index in [2.05, 4.69) is 108 Å². The summed E-state index contributed by atoms with van der Waals surface area (Å²) in [5.74, 6) is 1.29. The van der Waals surface area contributed by atoms with Gasteiger partial charge in [0.1, 0.15) is 5.52 Å². The molecule has 0 saturated carbocycles. The molecule has 0 fully saturated rings. The molecule has 50 heavy (non-hydrogen) atoms. The molecule has 3 aromatic heterocycles. The van der Waals surface area contributed by atoms with E-state index in [0.29, 0.717) is 11.7 Å². The maximum atomic E-state index is 6.66. The zero-order valence-electron chi connectivity index (χ0n) is 26.9. The van der Waals surface area contributed by atoms with Crippen molar-refractivity contribution < 1.29 is 4.42 Å². The molecule has 0 spiro atoms. The van der Waals surface area contributed by atoms with Gasteiger partial charge < -0.3 is 8.98 Å². The Bertz CT molecular complexity index is 2800. The Balaban J connectivity index is 1.25. The molecular formula is C45H28N4O. The van der Waals surface area contributed by atoms with E-state index in [0.717, 1.165) is 72.2 Å². The van der Waals surface area contributed by atoms with Crippen LogP contribution in [0, 0.1) is 0 Å². The SMILES string of the molecule is c1ccc(-c2cc(-c3cccc(-n4c5c6ccccc6ccc5c5ccc6nc(-c7ccccc7)oc6c54)c3)nc(-c3ccccc3)n2)cc1. The van der Waals surface area contributed by atoms with Crippen LogP contribution in [0.15, 0.2) is 174 Å². The van der Waals surface area contributed by atoms with Gasteiger partial charge in [0.05, 0.1) is 22.4 Å². The second-order valence-corrected chi connectivity index (χ2v) is 12.5. The van der Waals surface area contributed by atoms with Gasteiger partial charge in [-0.2, -0.15) is 0 Å². The van der Waals surface area contributed by atoms with Gasteiger partial charge in [0.25, 0.3) is 0 Å². The van der Waals surface area contributed by atoms with Gasteiger partial charge in [-0.25, -0.2) is 15.0 Å². The third-order valence-electron chi connectivity index (χ3n) is 9.42. The smallest absolute Gasteiger partial charge is 0.227 e. The zero-order valence-corrected chi connectivity index (χ0v) is 26.9. The van der Waals surface area contributed by atoms with Gasteiger partial charge >= 0.3 is 0 Å². The van der Waals surface area contributed by atoms with Gasteiger partial charge in [0.2, 0.25) is 5.89 Å². The fourth-order valence-corrected chi connectivity index (χ4v) is 7.08. The molecule has 0 aliphatic rings. The second-order valence-electron chi connectivity index (χ2n) is 12.5. The lowest BCUT2D eigenvalue weighted by Crippen LogP contribution is -1.98. The highest BCUT2D eigenvalue weighted by molar-refractivity contribution is 6.22. The van der Waals surface area contributed by atoms with Crippen molar-refractivity contribution in [1.29, 1.82) is 0 Å². The topological polar surface area (TPSA) is 56.7 Å². The highest BCUT2D eigenvalue weighted by Crippen LogP contribution is 2.41. The minimum atomic E-state index is 0.603. The number of hydrogen-bond acceptors (Lipinski definition) is 4. The van der Waals surface area contributed by atoms with Crippen molar-refractivity contribution in [3.05, 3.63) is 170 Å². The molecule has 0 aliphatic heterocycles. The van der Waals surface area contributed by atoms with Crippen LogP contribution in [-0.4, -0.2) is 19.5 Å². The van der Waals surface area contributed by atoms with E-state index in [4.69, 9.17) is 19.4 Å².